The third-order valence-corrected chi connectivity index (χ3v) is 8.84. The smallest absolute Gasteiger partial charge is 0.286 e. The number of carbonyl (C=O) groups excluding carboxylic acids is 1. The number of benzene rings is 2. The van der Waals surface area contributed by atoms with E-state index < -0.39 is 0 Å². The monoisotopic (exact) mass is 526 g/mol. The van der Waals surface area contributed by atoms with Gasteiger partial charge in [-0.3, -0.25) is 9.69 Å². The van der Waals surface area contributed by atoms with E-state index in [1.807, 2.05) is 18.2 Å². The van der Waals surface area contributed by atoms with E-state index in [1.165, 1.54) is 23.0 Å². The van der Waals surface area contributed by atoms with E-state index in [0.717, 1.165) is 85.0 Å². The van der Waals surface area contributed by atoms with E-state index in [2.05, 4.69) is 74.7 Å². The predicted octanol–water partition coefficient (Wildman–Crippen LogP) is 5.20. The summed E-state index contributed by atoms with van der Waals surface area (Å²) in [4.78, 5) is 34.0. The van der Waals surface area contributed by atoms with Crippen LogP contribution < -0.4 is 4.90 Å². The predicted molar refractivity (Wildman–Crippen MR) is 157 cm³/mol. The molecular formula is C30H34N6OS. The Balaban J connectivity index is 1.26. The number of aryl methyl sites for hydroxylation is 1. The minimum atomic E-state index is -0.151. The molecule has 4 heterocycles. The molecular weight excluding hydrogens is 492 g/mol. The number of nitrogens with zero attached hydrogens (tertiary/aromatic N) is 6. The van der Waals surface area contributed by atoms with Crippen LogP contribution in [0.5, 0.6) is 0 Å². The van der Waals surface area contributed by atoms with E-state index >= 15 is 0 Å². The van der Waals surface area contributed by atoms with Crippen molar-refractivity contribution in [3.8, 4) is 11.3 Å². The highest BCUT2D eigenvalue weighted by atomic mass is 32.2. The fourth-order valence-electron chi connectivity index (χ4n) is 5.62. The molecule has 0 spiro atoms. The average Bonchev–Trinajstić information content (AvgIpc) is 3.59. The second kappa shape index (κ2) is 10.5. The number of amidine groups is 1. The zero-order valence-corrected chi connectivity index (χ0v) is 23.2. The quantitative estimate of drug-likeness (QED) is 0.433. The molecule has 196 valence electrons. The molecule has 0 saturated carbocycles. The Morgan fingerprint density at radius 2 is 1.71 bits per heavy atom. The molecule has 7 nitrogen and oxygen atoms in total. The summed E-state index contributed by atoms with van der Waals surface area (Å²) in [7, 11) is 0. The van der Waals surface area contributed by atoms with Crippen LogP contribution in [0.3, 0.4) is 0 Å². The van der Waals surface area contributed by atoms with E-state index in [1.54, 1.807) is 6.33 Å². The van der Waals surface area contributed by atoms with Crippen molar-refractivity contribution in [3.05, 3.63) is 58.8 Å². The van der Waals surface area contributed by atoms with Gasteiger partial charge < -0.3 is 9.80 Å². The summed E-state index contributed by atoms with van der Waals surface area (Å²) >= 11 is 1.48. The molecule has 0 bridgehead atoms. The Labute approximate surface area is 228 Å². The largest absolute Gasteiger partial charge is 0.369 e. The van der Waals surface area contributed by atoms with Crippen molar-refractivity contribution in [3.63, 3.8) is 0 Å². The van der Waals surface area contributed by atoms with Crippen LogP contribution in [0.15, 0.2) is 52.6 Å². The molecule has 3 aliphatic rings. The molecule has 0 atom stereocenters. The number of rotatable bonds is 4. The number of thioether (sulfide) groups is 1. The molecule has 0 aliphatic carbocycles. The van der Waals surface area contributed by atoms with Gasteiger partial charge in [0.15, 0.2) is 5.17 Å². The Hall–Kier alpha value is -3.23. The van der Waals surface area contributed by atoms with Crippen molar-refractivity contribution in [1.82, 2.24) is 19.8 Å². The maximum Gasteiger partial charge on any atom is 0.286 e. The highest BCUT2D eigenvalue weighted by Gasteiger charge is 2.27. The maximum atomic E-state index is 12.6. The first-order valence-corrected chi connectivity index (χ1v) is 14.4. The van der Waals surface area contributed by atoms with Crippen molar-refractivity contribution in [2.75, 3.05) is 44.2 Å². The number of piperazine rings is 1. The molecule has 0 unspecified atom stereocenters. The van der Waals surface area contributed by atoms with Crippen molar-refractivity contribution in [2.45, 2.75) is 39.7 Å². The van der Waals surface area contributed by atoms with E-state index in [9.17, 15) is 4.79 Å². The molecule has 0 radical (unpaired) electrons. The lowest BCUT2D eigenvalue weighted by atomic mass is 10.0. The number of carbonyl (C=O) groups is 1. The Morgan fingerprint density at radius 1 is 0.921 bits per heavy atom. The van der Waals surface area contributed by atoms with Gasteiger partial charge >= 0.3 is 0 Å². The maximum absolute atomic E-state index is 12.6. The zero-order chi connectivity index (χ0) is 26.2. The summed E-state index contributed by atoms with van der Waals surface area (Å²) in [5.74, 6) is -0.151. The standard InChI is InChI=1S/C30H34N6OS/c1-20(2)34-12-14-35(15-13-34)26-9-7-23(16-21(26)3)28-24-17-22(6-8-25(24)31-19-32-28)18-27-29(37)33-30(38-27)36-10-4-5-11-36/h6-9,16-20H,4-5,10-15H2,1-3H3/b27-18-. The van der Waals surface area contributed by atoms with Crippen molar-refractivity contribution in [1.29, 1.82) is 0 Å². The van der Waals surface area contributed by atoms with Gasteiger partial charge in [0.2, 0.25) is 0 Å². The SMILES string of the molecule is Cc1cc(-c2ncnc3ccc(/C=C4\SC(N5CCCC5)=NC4=O)cc23)ccc1N1CCN(C(C)C)CC1. The minimum absolute atomic E-state index is 0.151. The van der Waals surface area contributed by atoms with Gasteiger partial charge in [-0.15, -0.1) is 0 Å². The van der Waals surface area contributed by atoms with Crippen LogP contribution in [0.4, 0.5) is 5.69 Å². The van der Waals surface area contributed by atoms with E-state index in [0.29, 0.717) is 10.9 Å². The number of aliphatic imine (C=N–C) groups is 1. The van der Waals surface area contributed by atoms with E-state index in [4.69, 9.17) is 0 Å². The third kappa shape index (κ3) is 4.95. The normalized spacial score (nSPS) is 19.8. The molecule has 1 aromatic heterocycles. The molecule has 0 N–H and O–H groups in total. The van der Waals surface area contributed by atoms with Crippen LogP contribution in [-0.2, 0) is 4.79 Å². The fourth-order valence-corrected chi connectivity index (χ4v) is 6.59. The lowest BCUT2D eigenvalue weighted by Gasteiger charge is -2.38. The van der Waals surface area contributed by atoms with Gasteiger partial charge in [0.25, 0.3) is 5.91 Å². The summed E-state index contributed by atoms with van der Waals surface area (Å²) in [6, 6.07) is 13.4. The van der Waals surface area contributed by atoms with Gasteiger partial charge in [-0.1, -0.05) is 12.1 Å². The number of aromatic nitrogens is 2. The number of hydrogen-bond donors (Lipinski definition) is 0. The molecule has 6 rings (SSSR count). The van der Waals surface area contributed by atoms with Crippen LogP contribution in [0.1, 0.15) is 37.8 Å². The first-order valence-electron chi connectivity index (χ1n) is 13.6. The molecule has 2 aromatic carbocycles. The highest BCUT2D eigenvalue weighted by molar-refractivity contribution is 8.18. The summed E-state index contributed by atoms with van der Waals surface area (Å²) in [5, 5.41) is 1.82. The van der Waals surface area contributed by atoms with Gasteiger partial charge in [0, 0.05) is 61.9 Å². The lowest BCUT2D eigenvalue weighted by Crippen LogP contribution is -2.49. The van der Waals surface area contributed by atoms with Crippen LogP contribution >= 0.6 is 11.8 Å². The van der Waals surface area contributed by atoms with Crippen molar-refractivity contribution < 1.29 is 4.79 Å². The van der Waals surface area contributed by atoms with E-state index in [-0.39, 0.29) is 5.91 Å². The average molecular weight is 527 g/mol. The Bertz CT molecular complexity index is 1430. The summed E-state index contributed by atoms with van der Waals surface area (Å²) in [6.45, 7) is 13.0. The van der Waals surface area contributed by atoms with Gasteiger partial charge in [-0.25, -0.2) is 9.97 Å². The second-order valence-electron chi connectivity index (χ2n) is 10.6. The fraction of sp³-hybridized carbons (Fsp3) is 0.400. The molecule has 3 aliphatic heterocycles. The summed E-state index contributed by atoms with van der Waals surface area (Å²) in [6.07, 6.45) is 5.91. The number of fused-ring (bicyclic) bond motifs is 1. The topological polar surface area (TPSA) is 64.9 Å². The number of hydrogen-bond acceptors (Lipinski definition) is 7. The molecule has 38 heavy (non-hydrogen) atoms. The minimum Gasteiger partial charge on any atom is -0.369 e. The Kier molecular flexibility index (Phi) is 6.93. The first-order chi connectivity index (χ1) is 18.5. The van der Waals surface area contributed by atoms with Gasteiger partial charge in [0.1, 0.15) is 6.33 Å². The highest BCUT2D eigenvalue weighted by Crippen LogP contribution is 2.34. The number of amides is 1. The second-order valence-corrected chi connectivity index (χ2v) is 11.6. The number of anilines is 1. The van der Waals surface area contributed by atoms with Crippen molar-refractivity contribution in [2.24, 2.45) is 4.99 Å². The summed E-state index contributed by atoms with van der Waals surface area (Å²) < 4.78 is 0. The van der Waals surface area contributed by atoms with Crippen LogP contribution in [0.25, 0.3) is 28.2 Å². The lowest BCUT2D eigenvalue weighted by molar-refractivity contribution is -0.113. The molecule has 1 amide bonds. The third-order valence-electron chi connectivity index (χ3n) is 7.80. The Morgan fingerprint density at radius 3 is 2.45 bits per heavy atom. The molecule has 2 fully saturated rings. The molecule has 3 aromatic rings. The number of likely N-dealkylation sites (tertiary alicyclic amines) is 1. The molecule has 8 heteroatoms. The van der Waals surface area contributed by atoms with Gasteiger partial charge in [-0.05, 0) is 86.8 Å². The van der Waals surface area contributed by atoms with Crippen molar-refractivity contribution >= 4 is 45.5 Å². The molecule has 2 saturated heterocycles. The zero-order valence-electron chi connectivity index (χ0n) is 22.4. The first kappa shape index (κ1) is 25.1. The van der Waals surface area contributed by atoms with Gasteiger partial charge in [-0.2, -0.15) is 4.99 Å². The van der Waals surface area contributed by atoms with Crippen LogP contribution in [0.2, 0.25) is 0 Å². The van der Waals surface area contributed by atoms with Crippen LogP contribution in [-0.4, -0.2) is 76.2 Å². The summed E-state index contributed by atoms with van der Waals surface area (Å²) in [5.41, 5.74) is 6.39. The van der Waals surface area contributed by atoms with Crippen LogP contribution in [0, 0.1) is 6.92 Å². The van der Waals surface area contributed by atoms with Gasteiger partial charge in [0.05, 0.1) is 16.1 Å².